The molecule has 0 saturated heterocycles. The normalized spacial score (nSPS) is 11.1. The molecule has 2 amide bonds. The molecule has 0 aliphatic carbocycles. The lowest BCUT2D eigenvalue weighted by molar-refractivity contribution is -0.114. The number of carbonyl (C=O) groups excluding carboxylic acids is 2. The zero-order chi connectivity index (χ0) is 19.1. The topological polar surface area (TPSA) is 104 Å². The third kappa shape index (κ3) is 2.77. The van der Waals surface area contributed by atoms with E-state index >= 15 is 0 Å². The number of nitrogens with zero attached hydrogens (tertiary/aromatic N) is 3. The number of carbonyl (C=O) groups is 2. The number of fused-ring (bicyclic) bond motifs is 2. The number of rotatable bonds is 4. The smallest absolute Gasteiger partial charge is 0.221 e. The number of amides is 2. The summed E-state index contributed by atoms with van der Waals surface area (Å²) in [5, 5.41) is 12.0. The van der Waals surface area contributed by atoms with Gasteiger partial charge < -0.3 is 15.0 Å². The Bertz CT molecular complexity index is 1220. The van der Waals surface area contributed by atoms with Crippen molar-refractivity contribution in [3.8, 4) is 11.1 Å². The molecule has 27 heavy (non-hydrogen) atoms. The molecule has 0 bridgehead atoms. The Morgan fingerprint density at radius 2 is 2.19 bits per heavy atom. The van der Waals surface area contributed by atoms with Crippen LogP contribution in [0.25, 0.3) is 27.7 Å². The first kappa shape index (κ1) is 17.0. The number of benzene rings is 1. The molecule has 4 aromatic rings. The Labute approximate surface area is 156 Å². The summed E-state index contributed by atoms with van der Waals surface area (Å²) in [7, 11) is 0. The number of halogens is 2. The molecule has 8 nitrogen and oxygen atoms in total. The highest BCUT2D eigenvalue weighted by Crippen LogP contribution is 2.41. The van der Waals surface area contributed by atoms with E-state index in [1.54, 1.807) is 28.9 Å². The molecule has 3 aromatic heterocycles. The van der Waals surface area contributed by atoms with Crippen LogP contribution in [0.3, 0.4) is 0 Å². The summed E-state index contributed by atoms with van der Waals surface area (Å²) in [5.41, 5.74) is 1.91. The number of imidazole rings is 1. The SMILES string of the molecule is CC(=O)Nc1c(F)c(Cl)c(-c2ccc3nc(NC=O)cn3c2)c2cn[nH]c12. The monoisotopic (exact) mass is 386 g/mol. The highest BCUT2D eigenvalue weighted by Gasteiger charge is 2.22. The lowest BCUT2D eigenvalue weighted by atomic mass is 10.0. The lowest BCUT2D eigenvalue weighted by Gasteiger charge is -2.13. The van der Waals surface area contributed by atoms with E-state index in [0.29, 0.717) is 39.9 Å². The van der Waals surface area contributed by atoms with Crippen molar-refractivity contribution in [1.29, 1.82) is 0 Å². The molecule has 3 heterocycles. The van der Waals surface area contributed by atoms with E-state index < -0.39 is 11.7 Å². The Kier molecular flexibility index (Phi) is 4.00. The molecular formula is C17H12ClFN6O2. The van der Waals surface area contributed by atoms with Gasteiger partial charge in [-0.1, -0.05) is 11.6 Å². The highest BCUT2D eigenvalue weighted by molar-refractivity contribution is 6.36. The van der Waals surface area contributed by atoms with Crippen LogP contribution in [-0.4, -0.2) is 31.9 Å². The molecule has 1 aromatic carbocycles. The van der Waals surface area contributed by atoms with Gasteiger partial charge in [0.05, 0.1) is 22.9 Å². The molecule has 136 valence electrons. The van der Waals surface area contributed by atoms with Crippen LogP contribution in [0.1, 0.15) is 6.92 Å². The number of anilines is 2. The number of aromatic amines is 1. The largest absolute Gasteiger partial charge is 0.322 e. The second-order valence-electron chi connectivity index (χ2n) is 5.79. The van der Waals surface area contributed by atoms with E-state index in [4.69, 9.17) is 11.6 Å². The van der Waals surface area contributed by atoms with Gasteiger partial charge in [-0.25, -0.2) is 9.37 Å². The van der Waals surface area contributed by atoms with E-state index in [0.717, 1.165) is 0 Å². The Morgan fingerprint density at radius 3 is 2.93 bits per heavy atom. The van der Waals surface area contributed by atoms with Crippen molar-refractivity contribution in [2.75, 3.05) is 10.6 Å². The third-order valence-electron chi connectivity index (χ3n) is 4.04. The van der Waals surface area contributed by atoms with Crippen LogP contribution in [0.4, 0.5) is 15.9 Å². The van der Waals surface area contributed by atoms with Crippen molar-refractivity contribution in [3.63, 3.8) is 0 Å². The van der Waals surface area contributed by atoms with Crippen molar-refractivity contribution >= 4 is 52.0 Å². The molecule has 4 rings (SSSR count). The minimum Gasteiger partial charge on any atom is -0.322 e. The Morgan fingerprint density at radius 1 is 1.37 bits per heavy atom. The number of pyridine rings is 1. The summed E-state index contributed by atoms with van der Waals surface area (Å²) in [6.07, 6.45) is 5.38. The van der Waals surface area contributed by atoms with Gasteiger partial charge in [0.1, 0.15) is 11.3 Å². The number of hydrogen-bond donors (Lipinski definition) is 3. The molecule has 0 aliphatic rings. The van der Waals surface area contributed by atoms with Gasteiger partial charge in [0.15, 0.2) is 11.6 Å². The van der Waals surface area contributed by atoms with Crippen LogP contribution < -0.4 is 10.6 Å². The molecule has 0 spiro atoms. The summed E-state index contributed by atoms with van der Waals surface area (Å²) in [5.74, 6) is -0.801. The van der Waals surface area contributed by atoms with Crippen LogP contribution in [0.5, 0.6) is 0 Å². The third-order valence-corrected chi connectivity index (χ3v) is 4.39. The van der Waals surface area contributed by atoms with Crippen molar-refractivity contribution in [2.24, 2.45) is 0 Å². The summed E-state index contributed by atoms with van der Waals surface area (Å²) >= 11 is 6.31. The quantitative estimate of drug-likeness (QED) is 0.468. The maximum absolute atomic E-state index is 14.9. The fourth-order valence-electron chi connectivity index (χ4n) is 2.96. The Balaban J connectivity index is 1.95. The average molecular weight is 387 g/mol. The fourth-order valence-corrected chi connectivity index (χ4v) is 3.26. The zero-order valence-corrected chi connectivity index (χ0v) is 14.6. The van der Waals surface area contributed by atoms with E-state index in [9.17, 15) is 14.0 Å². The first-order valence-electron chi connectivity index (χ1n) is 7.80. The molecule has 0 atom stereocenters. The van der Waals surface area contributed by atoms with Crippen molar-refractivity contribution in [2.45, 2.75) is 6.92 Å². The first-order valence-corrected chi connectivity index (χ1v) is 8.18. The predicted octanol–water partition coefficient (Wildman–Crippen LogP) is 3.20. The second-order valence-corrected chi connectivity index (χ2v) is 6.17. The van der Waals surface area contributed by atoms with Gasteiger partial charge in [0.25, 0.3) is 0 Å². The van der Waals surface area contributed by atoms with Gasteiger partial charge in [0.2, 0.25) is 12.3 Å². The molecular weight excluding hydrogens is 375 g/mol. The number of aromatic nitrogens is 4. The summed E-state index contributed by atoms with van der Waals surface area (Å²) in [6, 6.07) is 3.45. The van der Waals surface area contributed by atoms with Gasteiger partial charge >= 0.3 is 0 Å². The fraction of sp³-hybridized carbons (Fsp3) is 0.0588. The molecule has 10 heteroatoms. The number of nitrogens with one attached hydrogen (secondary N) is 3. The average Bonchev–Trinajstić information content (AvgIpc) is 3.25. The van der Waals surface area contributed by atoms with Crippen LogP contribution in [0.2, 0.25) is 5.02 Å². The summed E-state index contributed by atoms with van der Waals surface area (Å²) < 4.78 is 16.6. The lowest BCUT2D eigenvalue weighted by Crippen LogP contribution is -2.09. The van der Waals surface area contributed by atoms with Crippen LogP contribution in [-0.2, 0) is 9.59 Å². The number of H-pyrrole nitrogens is 1. The van der Waals surface area contributed by atoms with Crippen LogP contribution in [0, 0.1) is 5.82 Å². The summed E-state index contributed by atoms with van der Waals surface area (Å²) in [6.45, 7) is 1.28. The summed E-state index contributed by atoms with van der Waals surface area (Å²) in [4.78, 5) is 26.2. The molecule has 0 aliphatic heterocycles. The van der Waals surface area contributed by atoms with Gasteiger partial charge in [0, 0.05) is 29.6 Å². The minimum absolute atomic E-state index is 0.0510. The van der Waals surface area contributed by atoms with Crippen LogP contribution in [0.15, 0.2) is 30.7 Å². The van der Waals surface area contributed by atoms with Gasteiger partial charge in [-0.15, -0.1) is 0 Å². The van der Waals surface area contributed by atoms with Gasteiger partial charge in [-0.05, 0) is 12.1 Å². The standard InChI is InChI=1S/C17H12ClFN6O2/c1-8(27)22-17-15(19)14(18)13(10-4-21-24-16(10)17)9-2-3-12-23-11(20-7-26)6-25(12)5-9/h2-7H,1H3,(H,20,26)(H,21,24)(H,22,27). The maximum atomic E-state index is 14.9. The molecule has 0 unspecified atom stereocenters. The molecule has 0 saturated carbocycles. The highest BCUT2D eigenvalue weighted by atomic mass is 35.5. The second kappa shape index (κ2) is 6.36. The minimum atomic E-state index is -0.757. The van der Waals surface area contributed by atoms with Gasteiger partial charge in [-0.2, -0.15) is 5.10 Å². The van der Waals surface area contributed by atoms with E-state index in [-0.39, 0.29) is 10.7 Å². The van der Waals surface area contributed by atoms with Gasteiger partial charge in [-0.3, -0.25) is 14.7 Å². The van der Waals surface area contributed by atoms with E-state index in [1.165, 1.54) is 13.1 Å². The van der Waals surface area contributed by atoms with Crippen LogP contribution >= 0.6 is 11.6 Å². The van der Waals surface area contributed by atoms with E-state index in [1.807, 2.05) is 0 Å². The van der Waals surface area contributed by atoms with Crippen molar-refractivity contribution < 1.29 is 14.0 Å². The number of hydrogen-bond acceptors (Lipinski definition) is 4. The van der Waals surface area contributed by atoms with E-state index in [2.05, 4.69) is 25.8 Å². The Hall–Kier alpha value is -3.46. The first-order chi connectivity index (χ1) is 13.0. The van der Waals surface area contributed by atoms with Crippen molar-refractivity contribution in [3.05, 3.63) is 41.6 Å². The molecule has 3 N–H and O–H groups in total. The molecule has 0 radical (unpaired) electrons. The van der Waals surface area contributed by atoms with Crippen molar-refractivity contribution in [1.82, 2.24) is 19.6 Å². The molecule has 0 fully saturated rings. The maximum Gasteiger partial charge on any atom is 0.221 e. The predicted molar refractivity (Wildman–Crippen MR) is 99.2 cm³/mol. The zero-order valence-electron chi connectivity index (χ0n) is 13.9.